The van der Waals surface area contributed by atoms with Crippen LogP contribution < -0.4 is 5.32 Å². The van der Waals surface area contributed by atoms with E-state index in [4.69, 9.17) is 4.74 Å². The summed E-state index contributed by atoms with van der Waals surface area (Å²) in [5, 5.41) is 14.3. The lowest BCUT2D eigenvalue weighted by Gasteiger charge is -2.22. The molecule has 6 nitrogen and oxygen atoms in total. The Kier molecular flexibility index (Phi) is 5.14. The number of nitro groups is 1. The van der Waals surface area contributed by atoms with Crippen LogP contribution in [0.1, 0.15) is 42.5 Å². The minimum absolute atomic E-state index is 0.0892. The van der Waals surface area contributed by atoms with Crippen molar-refractivity contribution in [2.24, 2.45) is 5.92 Å². The predicted molar refractivity (Wildman–Crippen MR) is 79.5 cm³/mol. The molecule has 0 radical (unpaired) electrons. The van der Waals surface area contributed by atoms with Crippen molar-refractivity contribution < 1.29 is 14.5 Å². The molecule has 1 fully saturated rings. The van der Waals surface area contributed by atoms with Crippen molar-refractivity contribution in [1.29, 1.82) is 0 Å². The first kappa shape index (κ1) is 15.3. The number of hydrogen-bond acceptors (Lipinski definition) is 5. The van der Waals surface area contributed by atoms with Crippen molar-refractivity contribution in [3.63, 3.8) is 0 Å². The summed E-state index contributed by atoms with van der Waals surface area (Å²) in [6, 6.07) is 4.44. The zero-order chi connectivity index (χ0) is 15.2. The number of hydrogen-bond donors (Lipinski definition) is 1. The normalized spacial score (nSPS) is 15.5. The highest BCUT2D eigenvalue weighted by atomic mass is 16.6. The highest BCUT2D eigenvalue weighted by Crippen LogP contribution is 2.30. The molecule has 0 aromatic heterocycles. The molecule has 21 heavy (non-hydrogen) atoms. The third-order valence-corrected chi connectivity index (χ3v) is 3.94. The van der Waals surface area contributed by atoms with Gasteiger partial charge < -0.3 is 10.1 Å². The molecule has 0 bridgehead atoms. The minimum Gasteiger partial charge on any atom is -0.465 e. The Labute approximate surface area is 123 Å². The van der Waals surface area contributed by atoms with E-state index in [1.165, 1.54) is 38.5 Å². The van der Waals surface area contributed by atoms with Crippen LogP contribution in [-0.4, -0.2) is 24.5 Å². The number of esters is 1. The van der Waals surface area contributed by atoms with Crippen molar-refractivity contribution >= 4 is 17.3 Å². The Balaban J connectivity index is 2.21. The van der Waals surface area contributed by atoms with E-state index in [0.29, 0.717) is 12.5 Å². The molecule has 1 saturated carbocycles. The van der Waals surface area contributed by atoms with E-state index in [-0.39, 0.29) is 16.9 Å². The molecule has 1 aromatic rings. The van der Waals surface area contributed by atoms with Crippen LogP contribution in [-0.2, 0) is 4.74 Å². The van der Waals surface area contributed by atoms with Crippen LogP contribution in [0.3, 0.4) is 0 Å². The van der Waals surface area contributed by atoms with Crippen LogP contribution in [0.2, 0.25) is 0 Å². The number of ether oxygens (including phenoxy) is 1. The smallest absolute Gasteiger partial charge is 0.340 e. The molecular formula is C15H20N2O4. The number of nitro benzene ring substituents is 1. The molecule has 1 aliphatic carbocycles. The van der Waals surface area contributed by atoms with Gasteiger partial charge in [-0.2, -0.15) is 0 Å². The molecule has 0 spiro atoms. The maximum atomic E-state index is 11.8. The first-order valence-corrected chi connectivity index (χ1v) is 7.23. The van der Waals surface area contributed by atoms with E-state index in [0.717, 1.165) is 12.8 Å². The summed E-state index contributed by atoms with van der Waals surface area (Å²) >= 11 is 0. The van der Waals surface area contributed by atoms with Gasteiger partial charge in [-0.1, -0.05) is 25.3 Å². The Morgan fingerprint density at radius 1 is 1.38 bits per heavy atom. The maximum Gasteiger partial charge on any atom is 0.340 e. The summed E-state index contributed by atoms with van der Waals surface area (Å²) in [6.45, 7) is 0.648. The SMILES string of the molecule is COC(=O)c1cccc([N+](=O)[O-])c1NCC1CCCCC1. The molecule has 0 saturated heterocycles. The second-order valence-electron chi connectivity index (χ2n) is 5.33. The van der Waals surface area contributed by atoms with Crippen molar-refractivity contribution in [1.82, 2.24) is 0 Å². The van der Waals surface area contributed by atoms with E-state index in [1.807, 2.05) is 0 Å². The van der Waals surface area contributed by atoms with E-state index < -0.39 is 10.9 Å². The summed E-state index contributed by atoms with van der Waals surface area (Å²) in [5.41, 5.74) is 0.385. The average Bonchev–Trinajstić information content (AvgIpc) is 2.52. The lowest BCUT2D eigenvalue weighted by molar-refractivity contribution is -0.384. The van der Waals surface area contributed by atoms with Crippen LogP contribution in [0.25, 0.3) is 0 Å². The van der Waals surface area contributed by atoms with Crippen LogP contribution in [0, 0.1) is 16.0 Å². The molecule has 0 aliphatic heterocycles. The summed E-state index contributed by atoms with van der Waals surface area (Å²) in [6.07, 6.45) is 5.91. The van der Waals surface area contributed by atoms with Crippen LogP contribution >= 0.6 is 0 Å². The van der Waals surface area contributed by atoms with Gasteiger partial charge in [0, 0.05) is 12.6 Å². The van der Waals surface area contributed by atoms with Crippen LogP contribution in [0.15, 0.2) is 18.2 Å². The van der Waals surface area contributed by atoms with Crippen LogP contribution in [0.5, 0.6) is 0 Å². The van der Waals surface area contributed by atoms with Crippen molar-refractivity contribution in [3.8, 4) is 0 Å². The van der Waals surface area contributed by atoms with E-state index in [2.05, 4.69) is 5.32 Å². The average molecular weight is 292 g/mol. The van der Waals surface area contributed by atoms with Crippen molar-refractivity contribution in [2.45, 2.75) is 32.1 Å². The van der Waals surface area contributed by atoms with Crippen molar-refractivity contribution in [3.05, 3.63) is 33.9 Å². The Morgan fingerprint density at radius 2 is 2.10 bits per heavy atom. The largest absolute Gasteiger partial charge is 0.465 e. The third-order valence-electron chi connectivity index (χ3n) is 3.94. The molecule has 0 amide bonds. The first-order valence-electron chi connectivity index (χ1n) is 7.23. The van der Waals surface area contributed by atoms with E-state index in [9.17, 15) is 14.9 Å². The lowest BCUT2D eigenvalue weighted by atomic mass is 9.89. The number of nitrogens with zero attached hydrogens (tertiary/aromatic N) is 1. The quantitative estimate of drug-likeness (QED) is 0.511. The molecule has 1 N–H and O–H groups in total. The maximum absolute atomic E-state index is 11.8. The van der Waals surface area contributed by atoms with Gasteiger partial charge in [0.15, 0.2) is 0 Å². The standard InChI is InChI=1S/C15H20N2O4/c1-21-15(18)12-8-5-9-13(17(19)20)14(12)16-10-11-6-3-2-4-7-11/h5,8-9,11,16H,2-4,6-7,10H2,1H3. The monoisotopic (exact) mass is 292 g/mol. The highest BCUT2D eigenvalue weighted by Gasteiger charge is 2.23. The molecule has 6 heteroatoms. The van der Waals surface area contributed by atoms with Gasteiger partial charge >= 0.3 is 5.97 Å². The number of anilines is 1. The predicted octanol–water partition coefficient (Wildman–Crippen LogP) is 3.37. The van der Waals surface area contributed by atoms with Gasteiger partial charge in [0.1, 0.15) is 5.69 Å². The molecule has 0 heterocycles. The fraction of sp³-hybridized carbons (Fsp3) is 0.533. The summed E-state index contributed by atoms with van der Waals surface area (Å²) < 4.78 is 4.70. The van der Waals surface area contributed by atoms with Gasteiger partial charge in [0.05, 0.1) is 17.6 Å². The Morgan fingerprint density at radius 3 is 2.71 bits per heavy atom. The number of benzene rings is 1. The number of nitrogens with one attached hydrogen (secondary N) is 1. The number of rotatable bonds is 5. The van der Waals surface area contributed by atoms with E-state index in [1.54, 1.807) is 6.07 Å². The summed E-state index contributed by atoms with van der Waals surface area (Å²) in [7, 11) is 1.27. The second-order valence-corrected chi connectivity index (χ2v) is 5.33. The Hall–Kier alpha value is -2.11. The minimum atomic E-state index is -0.565. The second kappa shape index (κ2) is 7.06. The first-order chi connectivity index (χ1) is 10.1. The third kappa shape index (κ3) is 3.71. The van der Waals surface area contributed by atoms with Gasteiger partial charge in [0.2, 0.25) is 0 Å². The molecule has 0 atom stereocenters. The molecular weight excluding hydrogens is 272 g/mol. The molecule has 1 aliphatic rings. The van der Waals surface area contributed by atoms with Crippen LogP contribution in [0.4, 0.5) is 11.4 Å². The zero-order valence-corrected chi connectivity index (χ0v) is 12.1. The molecule has 2 rings (SSSR count). The molecule has 114 valence electrons. The highest BCUT2D eigenvalue weighted by molar-refractivity contribution is 5.98. The fourth-order valence-electron chi connectivity index (χ4n) is 2.80. The number of para-hydroxylation sites is 1. The summed E-state index contributed by atoms with van der Waals surface area (Å²) in [5.74, 6) is -0.0612. The number of carbonyl (C=O) groups excluding carboxylic acids is 1. The summed E-state index contributed by atoms with van der Waals surface area (Å²) in [4.78, 5) is 22.4. The van der Waals surface area contributed by atoms with Gasteiger partial charge in [-0.05, 0) is 24.8 Å². The van der Waals surface area contributed by atoms with Gasteiger partial charge in [0.25, 0.3) is 5.69 Å². The van der Waals surface area contributed by atoms with Crippen molar-refractivity contribution in [2.75, 3.05) is 19.0 Å². The topological polar surface area (TPSA) is 81.5 Å². The van der Waals surface area contributed by atoms with Gasteiger partial charge in [-0.3, -0.25) is 10.1 Å². The van der Waals surface area contributed by atoms with Gasteiger partial charge in [-0.25, -0.2) is 4.79 Å². The zero-order valence-electron chi connectivity index (χ0n) is 12.1. The lowest BCUT2D eigenvalue weighted by Crippen LogP contribution is -2.19. The molecule has 1 aromatic carbocycles. The van der Waals surface area contributed by atoms with Gasteiger partial charge in [-0.15, -0.1) is 0 Å². The number of methoxy groups -OCH3 is 1. The Bertz CT molecular complexity index is 524. The number of carbonyl (C=O) groups is 1. The fourth-order valence-corrected chi connectivity index (χ4v) is 2.80. The van der Waals surface area contributed by atoms with E-state index >= 15 is 0 Å². The molecule has 0 unspecified atom stereocenters.